The van der Waals surface area contributed by atoms with Crippen LogP contribution in [-0.4, -0.2) is 28.8 Å². The van der Waals surface area contributed by atoms with Gasteiger partial charge in [-0.05, 0) is 38.0 Å². The van der Waals surface area contributed by atoms with Crippen molar-refractivity contribution in [2.75, 3.05) is 0 Å². The number of hydrogen-bond acceptors (Lipinski definition) is 3. The van der Waals surface area contributed by atoms with Crippen molar-refractivity contribution in [3.8, 4) is 0 Å². The smallest absolute Gasteiger partial charge is 0.287 e. The van der Waals surface area contributed by atoms with E-state index < -0.39 is 11.9 Å². The Labute approximate surface area is 139 Å². The molecule has 1 aliphatic carbocycles. The molecule has 2 aromatic rings. The molecule has 1 aromatic carbocycles. The fraction of sp³-hybridized carbons (Fsp3) is 0.333. The van der Waals surface area contributed by atoms with E-state index >= 15 is 0 Å². The summed E-state index contributed by atoms with van der Waals surface area (Å²) in [5.41, 5.74) is 0.474. The van der Waals surface area contributed by atoms with E-state index in [-0.39, 0.29) is 30.1 Å². The van der Waals surface area contributed by atoms with Crippen molar-refractivity contribution in [2.24, 2.45) is 0 Å². The third kappa shape index (κ3) is 3.64. The van der Waals surface area contributed by atoms with Crippen molar-refractivity contribution in [1.82, 2.24) is 10.2 Å². The van der Waals surface area contributed by atoms with Gasteiger partial charge in [-0.25, -0.2) is 4.39 Å². The summed E-state index contributed by atoms with van der Waals surface area (Å²) in [6, 6.07) is 8.96. The molecule has 0 aliphatic heterocycles. The van der Waals surface area contributed by atoms with Crippen molar-refractivity contribution in [3.05, 3.63) is 59.8 Å². The highest BCUT2D eigenvalue weighted by molar-refractivity contribution is 5.95. The Bertz CT molecular complexity index is 726. The Balaban J connectivity index is 1.68. The number of hydrogen-bond donors (Lipinski definition) is 1. The molecule has 0 bridgehead atoms. The normalized spacial score (nSPS) is 14.9. The molecule has 1 aliphatic rings. The molecule has 0 saturated heterocycles. The van der Waals surface area contributed by atoms with E-state index in [1.807, 2.05) is 0 Å². The van der Waals surface area contributed by atoms with Crippen molar-refractivity contribution in [1.29, 1.82) is 0 Å². The monoisotopic (exact) mass is 330 g/mol. The van der Waals surface area contributed by atoms with Gasteiger partial charge in [-0.3, -0.25) is 9.59 Å². The first-order valence-corrected chi connectivity index (χ1v) is 7.94. The second-order valence-electron chi connectivity index (χ2n) is 5.96. The molecule has 5 nitrogen and oxygen atoms in total. The van der Waals surface area contributed by atoms with Crippen molar-refractivity contribution >= 4 is 11.8 Å². The molecule has 1 atom stereocenters. The number of benzene rings is 1. The third-order valence-corrected chi connectivity index (χ3v) is 4.03. The van der Waals surface area contributed by atoms with Crippen LogP contribution in [0.1, 0.15) is 35.9 Å². The number of carbonyl (C=O) groups is 2. The quantitative estimate of drug-likeness (QED) is 0.886. The van der Waals surface area contributed by atoms with Crippen LogP contribution < -0.4 is 5.32 Å². The molecule has 6 heteroatoms. The lowest BCUT2D eigenvalue weighted by molar-refractivity contribution is -0.134. The third-order valence-electron chi connectivity index (χ3n) is 4.03. The number of furan rings is 1. The second-order valence-corrected chi connectivity index (χ2v) is 5.96. The van der Waals surface area contributed by atoms with E-state index in [1.54, 1.807) is 36.1 Å². The highest BCUT2D eigenvalue weighted by Gasteiger charge is 2.35. The van der Waals surface area contributed by atoms with Crippen LogP contribution in [-0.2, 0) is 11.3 Å². The van der Waals surface area contributed by atoms with Gasteiger partial charge < -0.3 is 14.6 Å². The summed E-state index contributed by atoms with van der Waals surface area (Å²) in [6.07, 6.45) is 3.20. The van der Waals surface area contributed by atoms with Gasteiger partial charge in [0.05, 0.1) is 6.26 Å². The fourth-order valence-electron chi connectivity index (χ4n) is 2.57. The van der Waals surface area contributed by atoms with Gasteiger partial charge in [-0.1, -0.05) is 18.2 Å². The first-order chi connectivity index (χ1) is 11.6. The Hall–Kier alpha value is -2.63. The zero-order valence-corrected chi connectivity index (χ0v) is 13.4. The van der Waals surface area contributed by atoms with E-state index in [2.05, 4.69) is 5.32 Å². The molecule has 24 heavy (non-hydrogen) atoms. The SMILES string of the molecule is C[C@H](NC(=O)c1ccco1)C(=O)N(Cc1ccccc1F)C1CC1. The van der Waals surface area contributed by atoms with E-state index in [4.69, 9.17) is 4.42 Å². The van der Waals surface area contributed by atoms with Crippen LogP contribution in [0.4, 0.5) is 4.39 Å². The Morgan fingerprint density at radius 1 is 1.29 bits per heavy atom. The highest BCUT2D eigenvalue weighted by atomic mass is 19.1. The molecule has 1 N–H and O–H groups in total. The predicted molar refractivity (Wildman–Crippen MR) is 85.6 cm³/mol. The van der Waals surface area contributed by atoms with Crippen LogP contribution in [0.25, 0.3) is 0 Å². The van der Waals surface area contributed by atoms with Gasteiger partial charge in [0.25, 0.3) is 5.91 Å². The minimum atomic E-state index is -0.713. The Morgan fingerprint density at radius 3 is 2.67 bits per heavy atom. The lowest BCUT2D eigenvalue weighted by atomic mass is 10.1. The standard InChI is InChI=1S/C18H19FN2O3/c1-12(20-17(22)16-7-4-10-24-16)18(23)21(14-8-9-14)11-13-5-2-3-6-15(13)19/h2-7,10,12,14H,8-9,11H2,1H3,(H,20,22)/t12-/m0/s1. The van der Waals surface area contributed by atoms with Gasteiger partial charge >= 0.3 is 0 Å². The van der Waals surface area contributed by atoms with Gasteiger partial charge in [0.2, 0.25) is 5.91 Å². The summed E-state index contributed by atoms with van der Waals surface area (Å²) < 4.78 is 18.9. The number of amides is 2. The summed E-state index contributed by atoms with van der Waals surface area (Å²) in [6.45, 7) is 1.83. The van der Waals surface area contributed by atoms with E-state index in [1.165, 1.54) is 18.4 Å². The first kappa shape index (κ1) is 16.2. The maximum absolute atomic E-state index is 13.9. The van der Waals surface area contributed by atoms with Crippen LogP contribution in [0.5, 0.6) is 0 Å². The zero-order valence-electron chi connectivity index (χ0n) is 13.4. The van der Waals surface area contributed by atoms with Crippen LogP contribution >= 0.6 is 0 Å². The van der Waals surface area contributed by atoms with Crippen LogP contribution in [0.3, 0.4) is 0 Å². The number of nitrogens with zero attached hydrogens (tertiary/aromatic N) is 1. The maximum atomic E-state index is 13.9. The molecular formula is C18H19FN2O3. The van der Waals surface area contributed by atoms with Gasteiger partial charge in [-0.15, -0.1) is 0 Å². The zero-order chi connectivity index (χ0) is 17.1. The largest absolute Gasteiger partial charge is 0.459 e. The van der Waals surface area contributed by atoms with Gasteiger partial charge in [0, 0.05) is 18.2 Å². The molecule has 0 radical (unpaired) electrons. The lowest BCUT2D eigenvalue weighted by Crippen LogP contribution is -2.47. The molecule has 1 saturated carbocycles. The molecule has 0 unspecified atom stereocenters. The molecular weight excluding hydrogens is 311 g/mol. The summed E-state index contributed by atoms with van der Waals surface area (Å²) in [7, 11) is 0. The Kier molecular flexibility index (Phi) is 4.64. The van der Waals surface area contributed by atoms with Gasteiger partial charge in [0.1, 0.15) is 11.9 Å². The predicted octanol–water partition coefficient (Wildman–Crippen LogP) is 2.73. The van der Waals surface area contributed by atoms with Crippen molar-refractivity contribution < 1.29 is 18.4 Å². The number of carbonyl (C=O) groups excluding carboxylic acids is 2. The molecule has 2 amide bonds. The number of nitrogens with one attached hydrogen (secondary N) is 1. The van der Waals surface area contributed by atoms with Crippen LogP contribution in [0, 0.1) is 5.82 Å². The Morgan fingerprint density at radius 2 is 2.04 bits per heavy atom. The average Bonchev–Trinajstić information content (AvgIpc) is 3.26. The average molecular weight is 330 g/mol. The fourth-order valence-corrected chi connectivity index (χ4v) is 2.57. The topological polar surface area (TPSA) is 62.6 Å². The second kappa shape index (κ2) is 6.86. The first-order valence-electron chi connectivity index (χ1n) is 7.94. The maximum Gasteiger partial charge on any atom is 0.287 e. The van der Waals surface area contributed by atoms with Gasteiger partial charge in [-0.2, -0.15) is 0 Å². The molecule has 1 heterocycles. The molecule has 1 aromatic heterocycles. The summed E-state index contributed by atoms with van der Waals surface area (Å²) in [5, 5.41) is 2.63. The van der Waals surface area contributed by atoms with Crippen molar-refractivity contribution in [2.45, 2.75) is 38.4 Å². The van der Waals surface area contributed by atoms with E-state index in [9.17, 15) is 14.0 Å². The van der Waals surface area contributed by atoms with Crippen LogP contribution in [0.2, 0.25) is 0 Å². The minimum Gasteiger partial charge on any atom is -0.459 e. The lowest BCUT2D eigenvalue weighted by Gasteiger charge is -2.26. The van der Waals surface area contributed by atoms with Crippen LogP contribution in [0.15, 0.2) is 47.1 Å². The molecule has 126 valence electrons. The minimum absolute atomic E-state index is 0.111. The molecule has 3 rings (SSSR count). The summed E-state index contributed by atoms with van der Waals surface area (Å²) in [4.78, 5) is 26.4. The van der Waals surface area contributed by atoms with Gasteiger partial charge in [0.15, 0.2) is 5.76 Å². The van der Waals surface area contributed by atoms with Crippen molar-refractivity contribution in [3.63, 3.8) is 0 Å². The highest BCUT2D eigenvalue weighted by Crippen LogP contribution is 2.29. The summed E-state index contributed by atoms with van der Waals surface area (Å²) >= 11 is 0. The van der Waals surface area contributed by atoms with E-state index in [0.29, 0.717) is 5.56 Å². The number of rotatable bonds is 6. The number of halogens is 1. The molecule has 1 fully saturated rings. The van der Waals surface area contributed by atoms with E-state index in [0.717, 1.165) is 12.8 Å². The summed E-state index contributed by atoms with van der Waals surface area (Å²) in [5.74, 6) is -0.840. The molecule has 0 spiro atoms.